The lowest BCUT2D eigenvalue weighted by molar-refractivity contribution is -0.151. The third-order valence-corrected chi connectivity index (χ3v) is 9.14. The van der Waals surface area contributed by atoms with Crippen LogP contribution in [0.4, 0.5) is 15.3 Å². The van der Waals surface area contributed by atoms with Crippen molar-refractivity contribution in [3.63, 3.8) is 0 Å². The topological polar surface area (TPSA) is 129 Å². The summed E-state index contributed by atoms with van der Waals surface area (Å²) in [5.74, 6) is -0.950. The maximum atomic E-state index is 13.0. The maximum Gasteiger partial charge on any atom is 0.414 e. The number of aliphatic hydroxyl groups excluding tert-OH is 1. The number of piperazine rings is 1. The molecule has 3 aliphatic rings. The molecule has 0 saturated carbocycles. The molecule has 0 bridgehead atoms. The number of carbonyl (C=O) groups excluding carboxylic acids is 3. The first-order valence-electron chi connectivity index (χ1n) is 16.6. The summed E-state index contributed by atoms with van der Waals surface area (Å²) in [5.41, 5.74) is 1.32. The standard InChI is InChI=1S/C36H51N3O8/c1-25(24-45-35(43)39-18-16-28-11-6-7-12-30(28)39)9-8-10-26(2)33-27(3)13-14-31(46-34(42)38-21-19-37(5)20-22-38)36(4,44)17-15-29(40)23-32(41)47-33/h6-14,25,27,29,31,33,40,44H,15-24H2,1-5H3/b9-8+,14-13-,26-10+/t25-,27+,29-,31+,33-,36-/m1/s1. The van der Waals surface area contributed by atoms with Gasteiger partial charge in [0.15, 0.2) is 6.10 Å². The van der Waals surface area contributed by atoms with Crippen molar-refractivity contribution in [2.75, 3.05) is 51.3 Å². The van der Waals surface area contributed by atoms with E-state index >= 15 is 0 Å². The number of ether oxygens (including phenoxy) is 3. The minimum atomic E-state index is -1.47. The molecule has 1 aromatic rings. The van der Waals surface area contributed by atoms with Gasteiger partial charge in [-0.15, -0.1) is 0 Å². The molecule has 3 aliphatic heterocycles. The van der Waals surface area contributed by atoms with Crippen molar-refractivity contribution in [1.29, 1.82) is 0 Å². The summed E-state index contributed by atoms with van der Waals surface area (Å²) in [6.07, 6.45) is 6.38. The van der Waals surface area contributed by atoms with Crippen LogP contribution in [0.3, 0.4) is 0 Å². The van der Waals surface area contributed by atoms with Crippen LogP contribution in [0, 0.1) is 11.8 Å². The van der Waals surface area contributed by atoms with E-state index in [9.17, 15) is 24.6 Å². The number of fused-ring (bicyclic) bond motifs is 1. The van der Waals surface area contributed by atoms with E-state index in [0.29, 0.717) is 19.6 Å². The quantitative estimate of drug-likeness (QED) is 0.198. The van der Waals surface area contributed by atoms with E-state index in [0.717, 1.165) is 36.3 Å². The molecule has 4 rings (SSSR count). The first-order chi connectivity index (χ1) is 22.3. The third-order valence-electron chi connectivity index (χ3n) is 9.14. The number of nitrogens with zero attached hydrogens (tertiary/aromatic N) is 3. The van der Waals surface area contributed by atoms with Gasteiger partial charge in [-0.2, -0.15) is 0 Å². The Kier molecular flexibility index (Phi) is 12.6. The Hall–Kier alpha value is -3.67. The largest absolute Gasteiger partial charge is 0.457 e. The summed E-state index contributed by atoms with van der Waals surface area (Å²) >= 11 is 0. The van der Waals surface area contributed by atoms with Crippen LogP contribution in [0.1, 0.15) is 52.5 Å². The van der Waals surface area contributed by atoms with Crippen molar-refractivity contribution in [1.82, 2.24) is 9.80 Å². The lowest BCUT2D eigenvalue weighted by Gasteiger charge is -2.36. The third kappa shape index (κ3) is 10.2. The molecule has 11 heteroatoms. The van der Waals surface area contributed by atoms with E-state index < -0.39 is 36.0 Å². The number of carbonyl (C=O) groups is 3. The van der Waals surface area contributed by atoms with Gasteiger partial charge in [0.2, 0.25) is 0 Å². The fourth-order valence-corrected chi connectivity index (χ4v) is 5.98. The molecule has 0 spiro atoms. The number of allylic oxidation sites excluding steroid dienone is 2. The number of anilines is 1. The molecular weight excluding hydrogens is 602 g/mol. The van der Waals surface area contributed by atoms with E-state index in [4.69, 9.17) is 14.2 Å². The molecule has 0 aliphatic carbocycles. The van der Waals surface area contributed by atoms with E-state index in [1.807, 2.05) is 70.3 Å². The molecule has 47 heavy (non-hydrogen) atoms. The number of rotatable bonds is 6. The molecule has 2 amide bonds. The highest BCUT2D eigenvalue weighted by molar-refractivity contribution is 5.90. The zero-order chi connectivity index (χ0) is 34.1. The Morgan fingerprint density at radius 3 is 2.60 bits per heavy atom. The van der Waals surface area contributed by atoms with Crippen molar-refractivity contribution >= 4 is 23.8 Å². The van der Waals surface area contributed by atoms with Crippen LogP contribution in [-0.4, -0.2) is 108 Å². The highest BCUT2D eigenvalue weighted by Crippen LogP contribution is 2.29. The number of esters is 1. The fraction of sp³-hybridized carbons (Fsp3) is 0.583. The minimum absolute atomic E-state index is 0.0647. The predicted octanol–water partition coefficient (Wildman–Crippen LogP) is 4.48. The number of hydrogen-bond acceptors (Lipinski definition) is 9. The Bertz CT molecular complexity index is 1330. The second kappa shape index (κ2) is 16.4. The van der Waals surface area contributed by atoms with Gasteiger partial charge in [-0.1, -0.05) is 56.4 Å². The average molecular weight is 654 g/mol. The molecule has 1 saturated heterocycles. The summed E-state index contributed by atoms with van der Waals surface area (Å²) < 4.78 is 17.3. The van der Waals surface area contributed by atoms with Crippen molar-refractivity contribution in [3.8, 4) is 0 Å². The van der Waals surface area contributed by atoms with Gasteiger partial charge in [-0.05, 0) is 63.4 Å². The lowest BCUT2D eigenvalue weighted by atomic mass is 9.89. The zero-order valence-corrected chi connectivity index (χ0v) is 28.3. The molecule has 0 unspecified atom stereocenters. The first-order valence-corrected chi connectivity index (χ1v) is 16.6. The lowest BCUT2D eigenvalue weighted by Crippen LogP contribution is -2.50. The second-order valence-corrected chi connectivity index (χ2v) is 13.4. The van der Waals surface area contributed by atoms with Gasteiger partial charge in [-0.25, -0.2) is 9.59 Å². The number of para-hydroxylation sites is 1. The molecule has 0 radical (unpaired) electrons. The van der Waals surface area contributed by atoms with Crippen LogP contribution >= 0.6 is 0 Å². The normalized spacial score (nSPS) is 29.3. The molecule has 3 heterocycles. The summed E-state index contributed by atoms with van der Waals surface area (Å²) in [4.78, 5) is 44.0. The van der Waals surface area contributed by atoms with Crippen molar-refractivity contribution in [3.05, 3.63) is 65.8 Å². The van der Waals surface area contributed by atoms with Crippen molar-refractivity contribution < 1.29 is 38.8 Å². The highest BCUT2D eigenvalue weighted by Gasteiger charge is 2.37. The van der Waals surface area contributed by atoms with Gasteiger partial charge in [0.05, 0.1) is 24.8 Å². The first kappa shape index (κ1) is 36.2. The molecule has 0 aromatic heterocycles. The maximum absolute atomic E-state index is 13.0. The smallest absolute Gasteiger partial charge is 0.414 e. The highest BCUT2D eigenvalue weighted by atomic mass is 16.6. The summed E-state index contributed by atoms with van der Waals surface area (Å²) in [6, 6.07) is 7.83. The molecule has 11 nitrogen and oxygen atoms in total. The number of amides is 2. The van der Waals surface area contributed by atoms with E-state index in [-0.39, 0.29) is 43.8 Å². The molecule has 1 aromatic carbocycles. The summed E-state index contributed by atoms with van der Waals surface area (Å²) in [7, 11) is 2.00. The Balaban J connectivity index is 1.41. The van der Waals surface area contributed by atoms with Crippen LogP contribution in [0.25, 0.3) is 0 Å². The molecule has 6 atom stereocenters. The van der Waals surface area contributed by atoms with Gasteiger partial charge in [0.25, 0.3) is 0 Å². The Labute approximate surface area is 278 Å². The molecular formula is C36H51N3O8. The van der Waals surface area contributed by atoms with Gasteiger partial charge in [0, 0.05) is 44.6 Å². The summed E-state index contributed by atoms with van der Waals surface area (Å²) in [5, 5.41) is 21.9. The number of aliphatic hydroxyl groups is 2. The second-order valence-electron chi connectivity index (χ2n) is 13.4. The average Bonchev–Trinajstić information content (AvgIpc) is 3.47. The number of likely N-dealkylation sites (N-methyl/N-ethyl adjacent to an activating group) is 1. The zero-order valence-electron chi connectivity index (χ0n) is 28.3. The van der Waals surface area contributed by atoms with Gasteiger partial charge in [0.1, 0.15) is 11.7 Å². The van der Waals surface area contributed by atoms with Crippen LogP contribution in [-0.2, 0) is 25.4 Å². The Morgan fingerprint density at radius 2 is 1.85 bits per heavy atom. The molecule has 2 N–H and O–H groups in total. The van der Waals surface area contributed by atoms with Crippen LogP contribution in [0.5, 0.6) is 0 Å². The Morgan fingerprint density at radius 1 is 1.13 bits per heavy atom. The van der Waals surface area contributed by atoms with Gasteiger partial charge < -0.3 is 34.2 Å². The SMILES string of the molecule is C/C(=C\C=C\[C@@H](C)COC(=O)N1CCc2ccccc21)[C@H]1OC(=O)C[C@H](O)CC[C@@](C)(O)[C@@H](OC(=O)N2CCN(C)CC2)/C=C\[C@@H]1C. The number of cyclic esters (lactones) is 1. The minimum Gasteiger partial charge on any atom is -0.457 e. The van der Waals surface area contributed by atoms with E-state index in [2.05, 4.69) is 4.90 Å². The number of hydrogen-bond donors (Lipinski definition) is 2. The van der Waals surface area contributed by atoms with Crippen LogP contribution in [0.2, 0.25) is 0 Å². The molecule has 258 valence electrons. The van der Waals surface area contributed by atoms with Gasteiger partial charge >= 0.3 is 18.2 Å². The van der Waals surface area contributed by atoms with E-state index in [1.165, 1.54) is 0 Å². The predicted molar refractivity (Wildman–Crippen MR) is 179 cm³/mol. The monoisotopic (exact) mass is 653 g/mol. The van der Waals surface area contributed by atoms with Crippen LogP contribution in [0.15, 0.2) is 60.2 Å². The van der Waals surface area contributed by atoms with Crippen molar-refractivity contribution in [2.24, 2.45) is 11.8 Å². The fourth-order valence-electron chi connectivity index (χ4n) is 5.98. The molecule has 1 fully saturated rings. The van der Waals surface area contributed by atoms with Crippen LogP contribution < -0.4 is 4.90 Å². The number of benzene rings is 1. The van der Waals surface area contributed by atoms with Crippen molar-refractivity contribution in [2.45, 2.75) is 77.3 Å². The van der Waals surface area contributed by atoms with Gasteiger partial charge in [-0.3, -0.25) is 9.69 Å². The van der Waals surface area contributed by atoms with E-state index in [1.54, 1.807) is 28.9 Å². The summed E-state index contributed by atoms with van der Waals surface area (Å²) in [6.45, 7) is 10.6.